The molecule has 5 heteroatoms. The average molecular weight is 232 g/mol. The van der Waals surface area contributed by atoms with E-state index >= 15 is 0 Å². The maximum absolute atomic E-state index is 11.5. The number of hydrogen-bond acceptors (Lipinski definition) is 3. The Hall–Kier alpha value is -2.35. The van der Waals surface area contributed by atoms with Crippen molar-refractivity contribution in [3.8, 4) is 12.3 Å². The summed E-state index contributed by atoms with van der Waals surface area (Å²) >= 11 is 0. The van der Waals surface area contributed by atoms with Crippen LogP contribution in [0.2, 0.25) is 0 Å². The molecule has 0 saturated heterocycles. The van der Waals surface area contributed by atoms with E-state index < -0.39 is 4.92 Å². The average Bonchev–Trinajstić information content (AvgIpc) is 2.28. The molecule has 1 unspecified atom stereocenters. The minimum absolute atomic E-state index is 0.0275. The molecule has 1 atom stereocenters. The van der Waals surface area contributed by atoms with Crippen LogP contribution in [0.4, 0.5) is 5.69 Å². The number of nitro benzene ring substituents is 1. The van der Waals surface area contributed by atoms with E-state index in [2.05, 4.69) is 11.2 Å². The fourth-order valence-corrected chi connectivity index (χ4v) is 1.30. The lowest BCUT2D eigenvalue weighted by Gasteiger charge is -2.07. The van der Waals surface area contributed by atoms with Gasteiger partial charge >= 0.3 is 0 Å². The van der Waals surface area contributed by atoms with Gasteiger partial charge in [0.05, 0.1) is 17.4 Å². The first-order chi connectivity index (χ1) is 8.02. The molecule has 88 valence electrons. The number of terminal acetylenes is 1. The summed E-state index contributed by atoms with van der Waals surface area (Å²) in [5.74, 6) is 2.12. The van der Waals surface area contributed by atoms with E-state index in [-0.39, 0.29) is 24.1 Å². The maximum Gasteiger partial charge on any atom is 0.269 e. The summed E-state index contributed by atoms with van der Waals surface area (Å²) in [6.45, 7) is 1.69. The smallest absolute Gasteiger partial charge is 0.269 e. The Morgan fingerprint density at radius 1 is 1.65 bits per heavy atom. The van der Waals surface area contributed by atoms with Crippen molar-refractivity contribution >= 4 is 11.6 Å². The molecule has 1 N–H and O–H groups in total. The molecule has 17 heavy (non-hydrogen) atoms. The molecule has 0 aliphatic carbocycles. The van der Waals surface area contributed by atoms with Crippen molar-refractivity contribution in [1.82, 2.24) is 5.32 Å². The molecule has 5 nitrogen and oxygen atoms in total. The van der Waals surface area contributed by atoms with Crippen molar-refractivity contribution < 1.29 is 9.72 Å². The quantitative estimate of drug-likeness (QED) is 0.482. The van der Waals surface area contributed by atoms with Gasteiger partial charge in [-0.15, -0.1) is 6.42 Å². The number of non-ortho nitro benzene ring substituents is 1. The summed E-state index contributed by atoms with van der Waals surface area (Å²) in [6, 6.07) is 5.62. The molecular weight excluding hydrogens is 220 g/mol. The van der Waals surface area contributed by atoms with Gasteiger partial charge in [-0.05, 0) is 12.5 Å². The van der Waals surface area contributed by atoms with Crippen LogP contribution in [-0.4, -0.2) is 16.9 Å². The molecule has 0 bridgehead atoms. The molecule has 1 aromatic rings. The van der Waals surface area contributed by atoms with E-state index in [4.69, 9.17) is 6.42 Å². The summed E-state index contributed by atoms with van der Waals surface area (Å²) in [4.78, 5) is 21.5. The Labute approximate surface area is 99.0 Å². The van der Waals surface area contributed by atoms with E-state index in [1.807, 2.05) is 0 Å². The highest BCUT2D eigenvalue weighted by atomic mass is 16.6. The zero-order chi connectivity index (χ0) is 12.8. The Morgan fingerprint density at radius 3 is 2.94 bits per heavy atom. The number of amides is 1. The van der Waals surface area contributed by atoms with Crippen LogP contribution in [0.1, 0.15) is 12.5 Å². The van der Waals surface area contributed by atoms with Crippen LogP contribution in [0, 0.1) is 22.5 Å². The predicted molar refractivity (Wildman–Crippen MR) is 63.2 cm³/mol. The normalized spacial score (nSPS) is 11.3. The van der Waals surface area contributed by atoms with E-state index in [1.165, 1.54) is 12.1 Å². The summed E-state index contributed by atoms with van der Waals surface area (Å²) in [5, 5.41) is 13.1. The fraction of sp³-hybridized carbons (Fsp3) is 0.250. The Balaban J connectivity index is 2.69. The SMILES string of the molecule is C#CC(C)NC(=O)Cc1cccc([N+](=O)[O-])c1. The molecule has 0 fully saturated rings. The number of carbonyl (C=O) groups excluding carboxylic acids is 1. The van der Waals surface area contributed by atoms with Crippen LogP contribution in [0.25, 0.3) is 0 Å². The predicted octanol–water partition coefficient (Wildman–Crippen LogP) is 1.28. The molecule has 0 heterocycles. The zero-order valence-electron chi connectivity index (χ0n) is 9.34. The van der Waals surface area contributed by atoms with E-state index in [1.54, 1.807) is 19.1 Å². The number of rotatable bonds is 4. The second kappa shape index (κ2) is 5.66. The third kappa shape index (κ3) is 3.95. The Kier molecular flexibility index (Phi) is 4.23. The topological polar surface area (TPSA) is 72.2 Å². The third-order valence-electron chi connectivity index (χ3n) is 2.11. The molecule has 0 aliphatic rings. The highest BCUT2D eigenvalue weighted by Crippen LogP contribution is 2.13. The van der Waals surface area contributed by atoms with Gasteiger partial charge in [-0.3, -0.25) is 14.9 Å². The molecule has 0 saturated carbocycles. The van der Waals surface area contributed by atoms with Crippen LogP contribution >= 0.6 is 0 Å². The first-order valence-electron chi connectivity index (χ1n) is 5.01. The lowest BCUT2D eigenvalue weighted by molar-refractivity contribution is -0.384. The van der Waals surface area contributed by atoms with Gasteiger partial charge in [0, 0.05) is 12.1 Å². The van der Waals surface area contributed by atoms with Gasteiger partial charge in [0.15, 0.2) is 0 Å². The van der Waals surface area contributed by atoms with Crippen molar-refractivity contribution in [3.63, 3.8) is 0 Å². The highest BCUT2D eigenvalue weighted by molar-refractivity contribution is 5.79. The van der Waals surface area contributed by atoms with Gasteiger partial charge in [0.2, 0.25) is 5.91 Å². The molecule has 0 aromatic heterocycles. The van der Waals surface area contributed by atoms with Gasteiger partial charge in [0.1, 0.15) is 0 Å². The van der Waals surface area contributed by atoms with Gasteiger partial charge in [-0.2, -0.15) is 0 Å². The van der Waals surface area contributed by atoms with Crippen LogP contribution < -0.4 is 5.32 Å². The van der Waals surface area contributed by atoms with Crippen LogP contribution in [0.3, 0.4) is 0 Å². The number of hydrogen-bond donors (Lipinski definition) is 1. The Bertz CT molecular complexity index is 477. The van der Waals surface area contributed by atoms with Gasteiger partial charge in [-0.25, -0.2) is 0 Å². The fourth-order valence-electron chi connectivity index (χ4n) is 1.30. The molecule has 1 aromatic carbocycles. The van der Waals surface area contributed by atoms with Crippen molar-refractivity contribution in [3.05, 3.63) is 39.9 Å². The number of benzene rings is 1. The van der Waals surface area contributed by atoms with Crippen molar-refractivity contribution in [2.45, 2.75) is 19.4 Å². The first kappa shape index (κ1) is 12.7. The van der Waals surface area contributed by atoms with E-state index in [9.17, 15) is 14.9 Å². The molecular formula is C12H12N2O3. The van der Waals surface area contributed by atoms with E-state index in [0.29, 0.717) is 5.56 Å². The van der Waals surface area contributed by atoms with E-state index in [0.717, 1.165) is 0 Å². The largest absolute Gasteiger partial charge is 0.342 e. The van der Waals surface area contributed by atoms with Gasteiger partial charge in [-0.1, -0.05) is 18.1 Å². The summed E-state index contributed by atoms with van der Waals surface area (Å²) in [6.07, 6.45) is 5.20. The van der Waals surface area contributed by atoms with Crippen molar-refractivity contribution in [2.24, 2.45) is 0 Å². The number of carbonyl (C=O) groups is 1. The lowest BCUT2D eigenvalue weighted by Crippen LogP contribution is -2.32. The van der Waals surface area contributed by atoms with Crippen LogP contribution in [0.15, 0.2) is 24.3 Å². The zero-order valence-corrected chi connectivity index (χ0v) is 9.34. The first-order valence-corrected chi connectivity index (χ1v) is 5.01. The molecule has 0 radical (unpaired) electrons. The number of nitrogens with one attached hydrogen (secondary N) is 1. The second-order valence-corrected chi connectivity index (χ2v) is 3.56. The molecule has 0 aliphatic heterocycles. The highest BCUT2D eigenvalue weighted by Gasteiger charge is 2.09. The third-order valence-corrected chi connectivity index (χ3v) is 2.11. The molecule has 1 amide bonds. The van der Waals surface area contributed by atoms with Crippen LogP contribution in [-0.2, 0) is 11.2 Å². The van der Waals surface area contributed by atoms with Crippen molar-refractivity contribution in [2.75, 3.05) is 0 Å². The maximum atomic E-state index is 11.5. The van der Waals surface area contributed by atoms with Crippen molar-refractivity contribution in [1.29, 1.82) is 0 Å². The Morgan fingerprint density at radius 2 is 2.35 bits per heavy atom. The molecule has 1 rings (SSSR count). The second-order valence-electron chi connectivity index (χ2n) is 3.56. The summed E-state index contributed by atoms with van der Waals surface area (Å²) < 4.78 is 0. The van der Waals surface area contributed by atoms with Gasteiger partial charge < -0.3 is 5.32 Å². The summed E-state index contributed by atoms with van der Waals surface area (Å²) in [5.41, 5.74) is 0.557. The lowest BCUT2D eigenvalue weighted by atomic mass is 10.1. The minimum atomic E-state index is -0.495. The standard InChI is InChI=1S/C12H12N2O3/c1-3-9(2)13-12(15)8-10-5-4-6-11(7-10)14(16)17/h1,4-7,9H,8H2,2H3,(H,13,15). The minimum Gasteiger partial charge on any atom is -0.342 e. The number of nitro groups is 1. The van der Waals surface area contributed by atoms with Gasteiger partial charge in [0.25, 0.3) is 5.69 Å². The number of nitrogens with zero attached hydrogens (tertiary/aromatic N) is 1. The monoisotopic (exact) mass is 232 g/mol. The molecule has 0 spiro atoms. The van der Waals surface area contributed by atoms with Crippen LogP contribution in [0.5, 0.6) is 0 Å². The summed E-state index contributed by atoms with van der Waals surface area (Å²) in [7, 11) is 0.